The van der Waals surface area contributed by atoms with Crippen molar-refractivity contribution in [3.8, 4) is 17.2 Å². The van der Waals surface area contributed by atoms with E-state index in [2.05, 4.69) is 10.6 Å². The second-order valence-electron chi connectivity index (χ2n) is 8.43. The molecule has 0 saturated heterocycles. The molecule has 0 radical (unpaired) electrons. The molecule has 3 aromatic carbocycles. The van der Waals surface area contributed by atoms with Crippen molar-refractivity contribution in [3.05, 3.63) is 107 Å². The minimum Gasteiger partial charge on any atom is -0.510 e. The highest BCUT2D eigenvalue weighted by Gasteiger charge is 2.15. The van der Waals surface area contributed by atoms with Crippen LogP contribution in [0.25, 0.3) is 0 Å². The van der Waals surface area contributed by atoms with Crippen LogP contribution in [-0.4, -0.2) is 22.0 Å². The number of carbonyl (C=O) groups is 2. The van der Waals surface area contributed by atoms with Crippen molar-refractivity contribution in [2.45, 2.75) is 26.7 Å². The van der Waals surface area contributed by atoms with Gasteiger partial charge in [-0.25, -0.2) is 0 Å². The molecule has 0 bridgehead atoms. The third kappa shape index (κ3) is 5.89. The number of benzene rings is 3. The Balaban J connectivity index is 1.37. The zero-order chi connectivity index (χ0) is 24.9. The number of aliphatic hydroxyl groups excluding tert-OH is 1. The molecule has 0 unspecified atom stereocenters. The molecule has 0 aliphatic heterocycles. The lowest BCUT2D eigenvalue weighted by Gasteiger charge is -2.15. The molecule has 3 aromatic rings. The van der Waals surface area contributed by atoms with Crippen LogP contribution in [0.3, 0.4) is 0 Å². The Bertz CT molecular complexity index is 1320. The van der Waals surface area contributed by atoms with Gasteiger partial charge in [-0.2, -0.15) is 0 Å². The van der Waals surface area contributed by atoms with E-state index in [0.717, 1.165) is 17.6 Å². The van der Waals surface area contributed by atoms with Crippen LogP contribution < -0.4 is 15.4 Å². The largest absolute Gasteiger partial charge is 0.510 e. The zero-order valence-electron chi connectivity index (χ0n) is 19.5. The molecule has 35 heavy (non-hydrogen) atoms. The quantitative estimate of drug-likeness (QED) is 0.331. The van der Waals surface area contributed by atoms with Gasteiger partial charge in [0, 0.05) is 17.5 Å². The van der Waals surface area contributed by atoms with Crippen molar-refractivity contribution in [3.63, 3.8) is 0 Å². The van der Waals surface area contributed by atoms with Gasteiger partial charge in [-0.1, -0.05) is 11.6 Å². The minimum atomic E-state index is -0.350. The predicted octanol–water partition coefficient (Wildman–Crippen LogP) is 5.98. The standard InChI is InChI=1S/C28H26N2O5/c1-17-3-13-25(31)23(15-17)29-27(33)19-5-9-21(10-6-19)35-22-11-7-20(8-12-22)28(34)30-24-16-18(2)4-14-26(24)32/h3,5-13,15-16,31-32H,4,14H2,1-2H3,(H,29,33)(H,30,34). The molecule has 1 aliphatic carbocycles. The van der Waals surface area contributed by atoms with Crippen LogP contribution >= 0.6 is 0 Å². The first kappa shape index (κ1) is 23.6. The molecule has 7 heteroatoms. The molecule has 178 valence electrons. The Morgan fingerprint density at radius 1 is 0.771 bits per heavy atom. The summed E-state index contributed by atoms with van der Waals surface area (Å²) < 4.78 is 5.82. The normalized spacial score (nSPS) is 13.1. The summed E-state index contributed by atoms with van der Waals surface area (Å²) in [5, 5.41) is 25.4. The van der Waals surface area contributed by atoms with E-state index in [0.29, 0.717) is 40.4 Å². The number of rotatable bonds is 6. The summed E-state index contributed by atoms with van der Waals surface area (Å²) in [7, 11) is 0. The average Bonchev–Trinajstić information content (AvgIpc) is 2.84. The van der Waals surface area contributed by atoms with Gasteiger partial charge >= 0.3 is 0 Å². The molecule has 0 heterocycles. The maximum atomic E-state index is 12.5. The second kappa shape index (κ2) is 10.2. The number of ether oxygens (including phenoxy) is 1. The number of nitrogens with one attached hydrogen (secondary N) is 2. The van der Waals surface area contributed by atoms with Crippen LogP contribution in [0.15, 0.2) is 89.8 Å². The monoisotopic (exact) mass is 470 g/mol. The molecular formula is C28H26N2O5. The predicted molar refractivity (Wildman–Crippen MR) is 134 cm³/mol. The Hall–Kier alpha value is -4.52. The van der Waals surface area contributed by atoms with E-state index >= 15 is 0 Å². The molecule has 1 aliphatic rings. The molecule has 0 fully saturated rings. The number of hydrogen-bond donors (Lipinski definition) is 4. The number of amides is 2. The number of aryl methyl sites for hydroxylation is 1. The molecule has 4 N–H and O–H groups in total. The van der Waals surface area contributed by atoms with Gasteiger partial charge in [0.25, 0.3) is 11.8 Å². The Kier molecular flexibility index (Phi) is 6.87. The van der Waals surface area contributed by atoms with Crippen molar-refractivity contribution >= 4 is 17.5 Å². The van der Waals surface area contributed by atoms with Crippen molar-refractivity contribution in [2.24, 2.45) is 0 Å². The Morgan fingerprint density at radius 2 is 1.34 bits per heavy atom. The first-order valence-corrected chi connectivity index (χ1v) is 11.2. The van der Waals surface area contributed by atoms with Crippen LogP contribution in [0, 0.1) is 6.92 Å². The van der Waals surface area contributed by atoms with Gasteiger partial charge in [-0.3, -0.25) is 9.59 Å². The third-order valence-corrected chi connectivity index (χ3v) is 5.57. The summed E-state index contributed by atoms with van der Waals surface area (Å²) in [5.41, 5.74) is 3.64. The van der Waals surface area contributed by atoms with Crippen LogP contribution in [0.1, 0.15) is 46.0 Å². The fourth-order valence-electron chi connectivity index (χ4n) is 3.58. The van der Waals surface area contributed by atoms with E-state index < -0.39 is 0 Å². The van der Waals surface area contributed by atoms with Crippen molar-refractivity contribution in [2.75, 3.05) is 5.32 Å². The van der Waals surface area contributed by atoms with E-state index in [-0.39, 0.29) is 23.3 Å². The zero-order valence-corrected chi connectivity index (χ0v) is 19.5. The average molecular weight is 471 g/mol. The number of aliphatic hydroxyl groups is 1. The summed E-state index contributed by atoms with van der Waals surface area (Å²) >= 11 is 0. The molecule has 0 spiro atoms. The van der Waals surface area contributed by atoms with Gasteiger partial charge in [0.1, 0.15) is 23.0 Å². The molecule has 0 aromatic heterocycles. The highest BCUT2D eigenvalue weighted by atomic mass is 16.5. The number of phenolic OH excluding ortho intramolecular Hbond substituents is 1. The van der Waals surface area contributed by atoms with Gasteiger partial charge in [0.2, 0.25) is 0 Å². The molecule has 0 atom stereocenters. The van der Waals surface area contributed by atoms with Crippen molar-refractivity contribution in [1.29, 1.82) is 0 Å². The Labute approximate surface area is 203 Å². The maximum absolute atomic E-state index is 12.5. The van der Waals surface area contributed by atoms with Crippen LogP contribution in [-0.2, 0) is 0 Å². The second-order valence-corrected chi connectivity index (χ2v) is 8.43. The molecule has 0 saturated carbocycles. The first-order chi connectivity index (χ1) is 16.8. The summed E-state index contributed by atoms with van der Waals surface area (Å²) in [6.45, 7) is 3.83. The van der Waals surface area contributed by atoms with Gasteiger partial charge in [0.15, 0.2) is 0 Å². The number of anilines is 1. The van der Waals surface area contributed by atoms with E-state index in [1.54, 1.807) is 66.7 Å². The molecule has 4 rings (SSSR count). The maximum Gasteiger partial charge on any atom is 0.255 e. The van der Waals surface area contributed by atoms with Gasteiger partial charge in [-0.15, -0.1) is 0 Å². The van der Waals surface area contributed by atoms with Crippen molar-refractivity contribution in [1.82, 2.24) is 5.32 Å². The van der Waals surface area contributed by atoms with Gasteiger partial charge in [0.05, 0.1) is 11.4 Å². The number of aromatic hydroxyl groups is 1. The topological polar surface area (TPSA) is 108 Å². The number of carbonyl (C=O) groups excluding carboxylic acids is 2. The smallest absolute Gasteiger partial charge is 0.255 e. The van der Waals surface area contributed by atoms with E-state index in [4.69, 9.17) is 4.74 Å². The fourth-order valence-corrected chi connectivity index (χ4v) is 3.58. The van der Waals surface area contributed by atoms with Crippen LogP contribution in [0.2, 0.25) is 0 Å². The fraction of sp³-hybridized carbons (Fsp3) is 0.143. The van der Waals surface area contributed by atoms with E-state index in [1.165, 1.54) is 6.07 Å². The highest BCUT2D eigenvalue weighted by molar-refractivity contribution is 6.05. The number of allylic oxidation sites excluding steroid dienone is 3. The SMILES string of the molecule is CC1=CC(NC(=O)c2ccc(Oc3ccc(C(=O)Nc4cc(C)ccc4O)cc3)cc2)=C(O)CC1. The third-order valence-electron chi connectivity index (χ3n) is 5.57. The highest BCUT2D eigenvalue weighted by Crippen LogP contribution is 2.26. The molecular weight excluding hydrogens is 444 g/mol. The summed E-state index contributed by atoms with van der Waals surface area (Å²) in [4.78, 5) is 25.0. The van der Waals surface area contributed by atoms with Gasteiger partial charge in [-0.05, 0) is 92.6 Å². The summed E-state index contributed by atoms with van der Waals surface area (Å²) in [5.74, 6) is 0.557. The number of hydrogen-bond acceptors (Lipinski definition) is 5. The van der Waals surface area contributed by atoms with Crippen LogP contribution in [0.5, 0.6) is 17.2 Å². The Morgan fingerprint density at radius 3 is 1.94 bits per heavy atom. The minimum absolute atomic E-state index is 0.000113. The van der Waals surface area contributed by atoms with Gasteiger partial charge < -0.3 is 25.6 Å². The lowest BCUT2D eigenvalue weighted by Crippen LogP contribution is -2.24. The molecule has 2 amide bonds. The van der Waals surface area contributed by atoms with Crippen molar-refractivity contribution < 1.29 is 24.5 Å². The van der Waals surface area contributed by atoms with E-state index in [9.17, 15) is 19.8 Å². The van der Waals surface area contributed by atoms with Crippen LogP contribution in [0.4, 0.5) is 5.69 Å². The lowest BCUT2D eigenvalue weighted by atomic mass is 10.0. The number of phenols is 1. The first-order valence-electron chi connectivity index (χ1n) is 11.2. The molecule has 7 nitrogen and oxygen atoms in total. The summed E-state index contributed by atoms with van der Waals surface area (Å²) in [6, 6.07) is 18.2. The lowest BCUT2D eigenvalue weighted by molar-refractivity contribution is 0.0963. The van der Waals surface area contributed by atoms with E-state index in [1.807, 2.05) is 13.8 Å². The summed E-state index contributed by atoms with van der Waals surface area (Å²) in [6.07, 6.45) is 3.07.